The van der Waals surface area contributed by atoms with Gasteiger partial charge in [0.05, 0.1) is 6.10 Å². The summed E-state index contributed by atoms with van der Waals surface area (Å²) in [4.78, 5) is 0. The van der Waals surface area contributed by atoms with Gasteiger partial charge in [-0.1, -0.05) is 28.1 Å². The van der Waals surface area contributed by atoms with Gasteiger partial charge in [-0.3, -0.25) is 0 Å². The van der Waals surface area contributed by atoms with Crippen molar-refractivity contribution in [3.8, 4) is 0 Å². The number of hydrogen-bond donors (Lipinski definition) is 1. The minimum atomic E-state index is -0.668. The van der Waals surface area contributed by atoms with Gasteiger partial charge in [0.15, 0.2) is 0 Å². The van der Waals surface area contributed by atoms with Crippen molar-refractivity contribution in [1.82, 2.24) is 0 Å². The second-order valence-electron chi connectivity index (χ2n) is 3.47. The fraction of sp³-hybridized carbons (Fsp3) is 0.263. The molecule has 0 heterocycles. The second-order valence-corrected chi connectivity index (χ2v) is 4.39. The van der Waals surface area contributed by atoms with Crippen LogP contribution in [0, 0.1) is 52.1 Å². The summed E-state index contributed by atoms with van der Waals surface area (Å²) < 4.78 is 56.3. The average Bonchev–Trinajstić information content (AvgIpc) is 2.82. The third-order valence-electron chi connectivity index (χ3n) is 1.95. The third kappa shape index (κ3) is 43.5. The van der Waals surface area contributed by atoms with Crippen molar-refractivity contribution in [2.24, 2.45) is 0 Å². The largest absolute Gasteiger partial charge is 0 e. The zero-order valence-corrected chi connectivity index (χ0v) is 19.6. The quantitative estimate of drug-likeness (QED) is 0.310. The number of benzene rings is 1. The molecule has 0 saturated carbocycles. The fourth-order valence-corrected chi connectivity index (χ4v) is 1.46. The number of aliphatic hydroxyl groups excluding tert-OH is 1. The van der Waals surface area contributed by atoms with Crippen molar-refractivity contribution >= 4 is 15.9 Å². The molecule has 1 aromatic carbocycles. The van der Waals surface area contributed by atoms with E-state index in [0.717, 1.165) is 10.0 Å². The van der Waals surface area contributed by atoms with Gasteiger partial charge in [0.1, 0.15) is 12.9 Å². The van der Waals surface area contributed by atoms with Crippen molar-refractivity contribution in [3.05, 3.63) is 86.4 Å². The molecule has 0 aliphatic rings. The molecule has 0 bridgehead atoms. The Kier molecular flexibility index (Phi) is 95.2. The van der Waals surface area contributed by atoms with E-state index in [2.05, 4.69) is 68.0 Å². The molecular weight excluding hydrogens is 570 g/mol. The van der Waals surface area contributed by atoms with Crippen LogP contribution in [0.25, 0.3) is 0 Å². The predicted octanol–water partition coefficient (Wildman–Crippen LogP) is 2.42. The first-order valence-electron chi connectivity index (χ1n) is 6.41. The Balaban J connectivity index is -0.0000000545. The SMILES string of the molecule is COCO[C@H]([C]=[C][C@@H](C)O)c1ccc(Br)cc1.[C-]#[O+].[C-]#[O+].[C-]#[O+].[C-]#[O+].[C-]#[O+].[C-]#[O+].[Co].[Co]. The van der Waals surface area contributed by atoms with Gasteiger partial charge in [0, 0.05) is 45.1 Å². The molecule has 0 aromatic heterocycles. The van der Waals surface area contributed by atoms with Crippen LogP contribution in [0.15, 0.2) is 28.7 Å². The molecule has 0 saturated heterocycles. The molecule has 12 heteroatoms. The number of rotatable bonds is 6. The molecule has 0 aliphatic carbocycles. The van der Waals surface area contributed by atoms with Crippen molar-refractivity contribution in [2.75, 3.05) is 13.9 Å². The Labute approximate surface area is 210 Å². The Morgan fingerprint density at radius 1 is 0.839 bits per heavy atom. The van der Waals surface area contributed by atoms with Crippen LogP contribution in [0.2, 0.25) is 0 Å². The summed E-state index contributed by atoms with van der Waals surface area (Å²) in [6.07, 6.45) is 4.49. The van der Waals surface area contributed by atoms with Crippen molar-refractivity contribution < 1.29 is 76.1 Å². The van der Waals surface area contributed by atoms with E-state index in [-0.39, 0.29) is 40.4 Å². The van der Waals surface area contributed by atoms with E-state index < -0.39 is 12.2 Å². The van der Waals surface area contributed by atoms with Crippen LogP contribution in [-0.2, 0) is 70.9 Å². The van der Waals surface area contributed by atoms with Crippen molar-refractivity contribution in [1.29, 1.82) is 0 Å². The maximum Gasteiger partial charge on any atom is 0 e. The van der Waals surface area contributed by atoms with Gasteiger partial charge in [0.25, 0.3) is 0 Å². The first kappa shape index (κ1) is 52.0. The van der Waals surface area contributed by atoms with Crippen molar-refractivity contribution in [3.63, 3.8) is 0 Å². The molecule has 1 aromatic rings. The van der Waals surface area contributed by atoms with Crippen LogP contribution in [0.5, 0.6) is 0 Å². The molecule has 0 aliphatic heterocycles. The summed E-state index contributed by atoms with van der Waals surface area (Å²) in [6, 6.07) is 7.67. The zero-order chi connectivity index (χ0) is 24.7. The number of methoxy groups -OCH3 is 1. The zero-order valence-electron chi connectivity index (χ0n) is 15.9. The molecule has 1 N–H and O–H groups in total. The van der Waals surface area contributed by atoms with E-state index in [9.17, 15) is 0 Å². The number of aliphatic hydroxyl groups is 1. The van der Waals surface area contributed by atoms with Crippen LogP contribution in [0.4, 0.5) is 0 Å². The van der Waals surface area contributed by atoms with E-state index >= 15 is 0 Å². The van der Waals surface area contributed by atoms with Gasteiger partial charge in [-0.15, -0.1) is 0 Å². The Bertz CT molecular complexity index is 546. The maximum absolute atomic E-state index is 9.15. The van der Waals surface area contributed by atoms with Crippen LogP contribution in [0.3, 0.4) is 0 Å². The Morgan fingerprint density at radius 3 is 1.48 bits per heavy atom. The Morgan fingerprint density at radius 2 is 1.19 bits per heavy atom. The maximum atomic E-state index is 9.15. The van der Waals surface area contributed by atoms with Gasteiger partial charge in [-0.2, -0.15) is 0 Å². The van der Waals surface area contributed by atoms with E-state index in [4.69, 9.17) is 42.5 Å². The monoisotopic (exact) mass is 584 g/mol. The second kappa shape index (κ2) is 56.8. The summed E-state index contributed by atoms with van der Waals surface area (Å²) in [7, 11) is 1.56. The predicted molar refractivity (Wildman–Crippen MR) is 91.6 cm³/mol. The molecular formula is C19H15BrCo2O9. The smallest absolute Gasteiger partial charge is 0 e. The summed E-state index contributed by atoms with van der Waals surface area (Å²) >= 11 is 3.37. The molecule has 170 valence electrons. The Hall–Kier alpha value is -1.23. The standard InChI is InChI=1S/C13H15BrO3.6CO.2Co/c1-10(15)3-8-13(17-9-16-2)11-4-6-12(14)7-5-11;6*1-2;;/h4-7,10,13,15H,9H2,1-2H3;;;;;;;;/t10-,13-;;;;;;;;/m1......../s1. The van der Waals surface area contributed by atoms with Gasteiger partial charge < -0.3 is 14.6 Å². The van der Waals surface area contributed by atoms with Crippen LogP contribution >= 0.6 is 15.9 Å². The number of halogens is 1. The molecule has 1 rings (SSSR count). The normalized spacial score (nSPS) is 8.65. The van der Waals surface area contributed by atoms with Crippen molar-refractivity contribution in [2.45, 2.75) is 19.1 Å². The first-order valence-corrected chi connectivity index (χ1v) is 7.20. The molecule has 0 fully saturated rings. The van der Waals surface area contributed by atoms with E-state index in [1.165, 1.54) is 0 Å². The third-order valence-corrected chi connectivity index (χ3v) is 2.48. The molecule has 4 radical (unpaired) electrons. The van der Waals surface area contributed by atoms with Crippen LogP contribution < -0.4 is 0 Å². The van der Waals surface area contributed by atoms with Gasteiger partial charge >= 0.3 is 67.8 Å². The molecule has 0 amide bonds. The molecule has 31 heavy (non-hydrogen) atoms. The minimum Gasteiger partial charge on any atom is 0 e. The van der Waals surface area contributed by atoms with Gasteiger partial charge in [0.2, 0.25) is 0 Å². The first-order chi connectivity index (χ1) is 14.1. The van der Waals surface area contributed by atoms with Crippen LogP contribution in [0.1, 0.15) is 18.6 Å². The molecule has 2 atom stereocenters. The molecule has 0 spiro atoms. The average molecular weight is 585 g/mol. The number of ether oxygens (including phenoxy) is 2. The topological polar surface area (TPSA) is 158 Å². The number of hydrogen-bond acceptors (Lipinski definition) is 3. The summed E-state index contributed by atoms with van der Waals surface area (Å²) in [5, 5.41) is 9.15. The van der Waals surface area contributed by atoms with E-state index in [1.807, 2.05) is 24.3 Å². The minimum absolute atomic E-state index is 0. The van der Waals surface area contributed by atoms with E-state index in [1.54, 1.807) is 14.0 Å². The van der Waals surface area contributed by atoms with Gasteiger partial charge in [-0.25, -0.2) is 0 Å². The fourth-order valence-electron chi connectivity index (χ4n) is 1.19. The van der Waals surface area contributed by atoms with Crippen LogP contribution in [-0.4, -0.2) is 25.1 Å². The summed E-state index contributed by atoms with van der Waals surface area (Å²) in [5.74, 6) is 0. The molecule has 0 unspecified atom stereocenters. The van der Waals surface area contributed by atoms with E-state index in [0.29, 0.717) is 0 Å². The van der Waals surface area contributed by atoms with Gasteiger partial charge in [-0.05, 0) is 36.8 Å². The molecule has 9 nitrogen and oxygen atoms in total. The summed E-state index contributed by atoms with van der Waals surface area (Å²) in [6.45, 7) is 28.8. The summed E-state index contributed by atoms with van der Waals surface area (Å²) in [5.41, 5.74) is 0.929.